The van der Waals surface area contributed by atoms with Crippen LogP contribution in [0.3, 0.4) is 0 Å². The molecule has 4 amide bonds. The van der Waals surface area contributed by atoms with Crippen molar-refractivity contribution in [3.8, 4) is 0 Å². The molecule has 0 aromatic heterocycles. The molecule has 1 aromatic rings. The van der Waals surface area contributed by atoms with Gasteiger partial charge in [0.25, 0.3) is 11.8 Å². The zero-order chi connectivity index (χ0) is 19.8. The Balaban J connectivity index is 1.56. The first-order valence-electron chi connectivity index (χ1n) is 9.78. The molecule has 0 bridgehead atoms. The van der Waals surface area contributed by atoms with Gasteiger partial charge in [-0.1, -0.05) is 18.6 Å². The highest BCUT2D eigenvalue weighted by molar-refractivity contribution is 6.24. The van der Waals surface area contributed by atoms with Crippen LogP contribution in [0.15, 0.2) is 18.2 Å². The zero-order valence-electron chi connectivity index (χ0n) is 15.6. The Hall–Kier alpha value is -2.58. The number of carbonyl (C=O) groups excluding carboxylic acids is 4. The standard InChI is InChI=1S/C20H24N4O4/c21-9-11-3-2-6-14(11)22-10-12-4-1-5-13-17(12)20(28)24(19(13)27)15-7-8-16(25)23-18(15)26/h1,4-5,11,14-15,22H,2-3,6-10,21H2,(H,23,25,26)/t11-,14+,15?/m0/s1. The fraction of sp³-hybridized carbons (Fsp3) is 0.500. The van der Waals surface area contributed by atoms with Gasteiger partial charge < -0.3 is 11.1 Å². The average molecular weight is 384 g/mol. The molecule has 1 saturated heterocycles. The van der Waals surface area contributed by atoms with Gasteiger partial charge in [-0.3, -0.25) is 29.4 Å². The van der Waals surface area contributed by atoms with Crippen LogP contribution in [-0.4, -0.2) is 47.2 Å². The van der Waals surface area contributed by atoms with Crippen LogP contribution in [-0.2, 0) is 16.1 Å². The summed E-state index contributed by atoms with van der Waals surface area (Å²) in [5.74, 6) is -1.49. The highest BCUT2D eigenvalue weighted by Crippen LogP contribution is 2.31. The van der Waals surface area contributed by atoms with Crippen molar-refractivity contribution in [2.75, 3.05) is 6.54 Å². The Morgan fingerprint density at radius 2 is 1.93 bits per heavy atom. The molecule has 28 heavy (non-hydrogen) atoms. The number of hydrogen-bond donors (Lipinski definition) is 3. The van der Waals surface area contributed by atoms with Crippen molar-refractivity contribution in [1.29, 1.82) is 0 Å². The predicted molar refractivity (Wildman–Crippen MR) is 100 cm³/mol. The maximum absolute atomic E-state index is 13.1. The van der Waals surface area contributed by atoms with Gasteiger partial charge in [-0.2, -0.15) is 0 Å². The van der Waals surface area contributed by atoms with Crippen LogP contribution in [0, 0.1) is 5.92 Å². The molecule has 8 nitrogen and oxygen atoms in total. The quantitative estimate of drug-likeness (QED) is 0.628. The summed E-state index contributed by atoms with van der Waals surface area (Å²) in [6.07, 6.45) is 3.55. The molecule has 2 heterocycles. The van der Waals surface area contributed by atoms with Gasteiger partial charge in [0, 0.05) is 19.0 Å². The molecular weight excluding hydrogens is 360 g/mol. The van der Waals surface area contributed by atoms with Crippen molar-refractivity contribution in [1.82, 2.24) is 15.5 Å². The highest BCUT2D eigenvalue weighted by atomic mass is 16.2. The number of nitrogens with one attached hydrogen (secondary N) is 2. The Labute approximate surface area is 162 Å². The monoisotopic (exact) mass is 384 g/mol. The second-order valence-electron chi connectivity index (χ2n) is 7.70. The molecule has 148 valence electrons. The van der Waals surface area contributed by atoms with Crippen LogP contribution in [0.5, 0.6) is 0 Å². The van der Waals surface area contributed by atoms with Crippen LogP contribution in [0.2, 0.25) is 0 Å². The summed E-state index contributed by atoms with van der Waals surface area (Å²) < 4.78 is 0. The maximum Gasteiger partial charge on any atom is 0.262 e. The Morgan fingerprint density at radius 3 is 2.68 bits per heavy atom. The number of fused-ring (bicyclic) bond motifs is 1. The van der Waals surface area contributed by atoms with Gasteiger partial charge in [0.2, 0.25) is 11.8 Å². The predicted octanol–water partition coefficient (Wildman–Crippen LogP) is 0.305. The lowest BCUT2D eigenvalue weighted by Crippen LogP contribution is -2.54. The summed E-state index contributed by atoms with van der Waals surface area (Å²) in [5, 5.41) is 5.70. The van der Waals surface area contributed by atoms with Crippen LogP contribution in [0.4, 0.5) is 0 Å². The number of nitrogens with two attached hydrogens (primary N) is 1. The third kappa shape index (κ3) is 3.12. The van der Waals surface area contributed by atoms with E-state index >= 15 is 0 Å². The summed E-state index contributed by atoms with van der Waals surface area (Å²) in [5.41, 5.74) is 7.25. The molecule has 1 unspecified atom stereocenters. The van der Waals surface area contributed by atoms with E-state index in [1.54, 1.807) is 12.1 Å². The van der Waals surface area contributed by atoms with Crippen molar-refractivity contribution < 1.29 is 19.2 Å². The number of carbonyl (C=O) groups is 4. The number of piperidine rings is 1. The van der Waals surface area contributed by atoms with Crippen LogP contribution in [0.25, 0.3) is 0 Å². The SMILES string of the molecule is NC[C@@H]1CCC[C@H]1NCc1cccc2c1C(=O)N(C1CCC(=O)NC1=O)C2=O. The summed E-state index contributed by atoms with van der Waals surface area (Å²) in [7, 11) is 0. The van der Waals surface area contributed by atoms with Crippen LogP contribution < -0.4 is 16.4 Å². The number of nitrogens with zero attached hydrogens (tertiary/aromatic N) is 1. The molecule has 1 saturated carbocycles. The van der Waals surface area contributed by atoms with Gasteiger partial charge in [-0.15, -0.1) is 0 Å². The largest absolute Gasteiger partial charge is 0.330 e. The lowest BCUT2D eigenvalue weighted by atomic mass is 10.0. The van der Waals surface area contributed by atoms with Gasteiger partial charge >= 0.3 is 0 Å². The summed E-state index contributed by atoms with van der Waals surface area (Å²) >= 11 is 0. The molecule has 0 spiro atoms. The molecule has 2 aliphatic heterocycles. The van der Waals surface area contributed by atoms with E-state index in [0.29, 0.717) is 36.2 Å². The van der Waals surface area contributed by atoms with E-state index in [9.17, 15) is 19.2 Å². The Kier molecular flexibility index (Phi) is 4.99. The second-order valence-corrected chi connectivity index (χ2v) is 7.70. The Morgan fingerprint density at radius 1 is 1.11 bits per heavy atom. The van der Waals surface area contributed by atoms with Gasteiger partial charge in [-0.25, -0.2) is 0 Å². The first kappa shape index (κ1) is 18.8. The zero-order valence-corrected chi connectivity index (χ0v) is 15.6. The molecule has 1 aliphatic carbocycles. The summed E-state index contributed by atoms with van der Waals surface area (Å²) in [6.45, 7) is 1.10. The topological polar surface area (TPSA) is 122 Å². The average Bonchev–Trinajstić information content (AvgIpc) is 3.24. The fourth-order valence-electron chi connectivity index (χ4n) is 4.56. The maximum atomic E-state index is 13.1. The first-order chi connectivity index (χ1) is 13.5. The molecule has 4 rings (SSSR count). The number of hydrogen-bond acceptors (Lipinski definition) is 6. The molecule has 3 atom stereocenters. The third-order valence-corrected chi connectivity index (χ3v) is 6.07. The van der Waals surface area contributed by atoms with E-state index in [1.807, 2.05) is 6.07 Å². The number of amides is 4. The van der Waals surface area contributed by atoms with Gasteiger partial charge in [0.15, 0.2) is 0 Å². The summed E-state index contributed by atoms with van der Waals surface area (Å²) in [4.78, 5) is 50.5. The smallest absolute Gasteiger partial charge is 0.262 e. The molecule has 1 aromatic carbocycles. The van der Waals surface area contributed by atoms with Crippen molar-refractivity contribution >= 4 is 23.6 Å². The highest BCUT2D eigenvalue weighted by Gasteiger charge is 2.45. The van der Waals surface area contributed by atoms with Crippen molar-refractivity contribution in [3.05, 3.63) is 34.9 Å². The lowest BCUT2D eigenvalue weighted by molar-refractivity contribution is -0.136. The van der Waals surface area contributed by atoms with Crippen LogP contribution in [0.1, 0.15) is 58.4 Å². The van der Waals surface area contributed by atoms with Gasteiger partial charge in [0.1, 0.15) is 6.04 Å². The van der Waals surface area contributed by atoms with Crippen LogP contribution >= 0.6 is 0 Å². The van der Waals surface area contributed by atoms with E-state index in [-0.39, 0.29) is 18.7 Å². The fourth-order valence-corrected chi connectivity index (χ4v) is 4.56. The van der Waals surface area contributed by atoms with Crippen molar-refractivity contribution in [2.24, 2.45) is 11.7 Å². The van der Waals surface area contributed by atoms with E-state index in [0.717, 1.165) is 29.7 Å². The molecule has 4 N–H and O–H groups in total. The molecule has 3 aliphatic rings. The van der Waals surface area contributed by atoms with Crippen molar-refractivity contribution in [3.63, 3.8) is 0 Å². The van der Waals surface area contributed by atoms with Crippen molar-refractivity contribution in [2.45, 2.75) is 50.7 Å². The van der Waals surface area contributed by atoms with Gasteiger partial charge in [-0.05, 0) is 43.4 Å². The van der Waals surface area contributed by atoms with Gasteiger partial charge in [0.05, 0.1) is 11.1 Å². The Bertz CT molecular complexity index is 853. The minimum absolute atomic E-state index is 0.111. The third-order valence-electron chi connectivity index (χ3n) is 6.07. The molecule has 2 fully saturated rings. The summed E-state index contributed by atoms with van der Waals surface area (Å²) in [6, 6.07) is 4.56. The second kappa shape index (κ2) is 7.44. The minimum Gasteiger partial charge on any atom is -0.330 e. The van der Waals surface area contributed by atoms with E-state index < -0.39 is 23.8 Å². The minimum atomic E-state index is -0.942. The lowest BCUT2D eigenvalue weighted by Gasteiger charge is -2.27. The number of imide groups is 2. The molecule has 8 heteroatoms. The molecular formula is C20H24N4O4. The first-order valence-corrected chi connectivity index (χ1v) is 9.78. The number of benzene rings is 1. The number of rotatable bonds is 5. The molecule has 0 radical (unpaired) electrons. The normalized spacial score (nSPS) is 27.3. The van der Waals surface area contributed by atoms with E-state index in [4.69, 9.17) is 5.73 Å². The van der Waals surface area contributed by atoms with E-state index in [2.05, 4.69) is 10.6 Å². The van der Waals surface area contributed by atoms with E-state index in [1.165, 1.54) is 0 Å².